The first-order valence-corrected chi connectivity index (χ1v) is 8.41. The van der Waals surface area contributed by atoms with Crippen molar-refractivity contribution in [2.45, 2.75) is 71.9 Å². The van der Waals surface area contributed by atoms with Crippen molar-refractivity contribution in [1.29, 1.82) is 0 Å². The van der Waals surface area contributed by atoms with Crippen molar-refractivity contribution < 1.29 is 0 Å². The first-order chi connectivity index (χ1) is 9.63. The molecular formula is C17H31N3. The van der Waals surface area contributed by atoms with E-state index >= 15 is 0 Å². The number of nitrogens with zero attached hydrogens (tertiary/aromatic N) is 2. The van der Waals surface area contributed by atoms with Crippen molar-refractivity contribution in [3.05, 3.63) is 18.0 Å². The van der Waals surface area contributed by atoms with Crippen LogP contribution in [0.2, 0.25) is 0 Å². The van der Waals surface area contributed by atoms with Gasteiger partial charge in [-0.3, -0.25) is 4.68 Å². The van der Waals surface area contributed by atoms with Crippen molar-refractivity contribution in [2.24, 2.45) is 11.8 Å². The lowest BCUT2D eigenvalue weighted by molar-refractivity contribution is 0.352. The molecule has 1 atom stereocenters. The molecule has 0 aromatic carbocycles. The van der Waals surface area contributed by atoms with Crippen LogP contribution in [0.5, 0.6) is 0 Å². The van der Waals surface area contributed by atoms with Crippen LogP contribution in [-0.4, -0.2) is 22.4 Å². The highest BCUT2D eigenvalue weighted by Gasteiger charge is 2.23. The highest BCUT2D eigenvalue weighted by atomic mass is 15.3. The van der Waals surface area contributed by atoms with Gasteiger partial charge in [-0.2, -0.15) is 5.10 Å². The minimum absolute atomic E-state index is 0.561. The normalized spacial score (nSPS) is 17.1. The summed E-state index contributed by atoms with van der Waals surface area (Å²) in [7, 11) is 0. The zero-order valence-electron chi connectivity index (χ0n) is 13.6. The molecule has 1 fully saturated rings. The maximum atomic E-state index is 4.81. The summed E-state index contributed by atoms with van der Waals surface area (Å²) < 4.78 is 2.17. The van der Waals surface area contributed by atoms with E-state index in [0.29, 0.717) is 17.9 Å². The SMILES string of the molecule is CCC(CC)n1ccc(CC(CNC2CC2)C(C)C)n1. The van der Waals surface area contributed by atoms with Gasteiger partial charge >= 0.3 is 0 Å². The van der Waals surface area contributed by atoms with Gasteiger partial charge in [0.05, 0.1) is 11.7 Å². The summed E-state index contributed by atoms with van der Waals surface area (Å²) in [4.78, 5) is 0. The average Bonchev–Trinajstić information content (AvgIpc) is 3.15. The van der Waals surface area contributed by atoms with E-state index in [0.717, 1.165) is 31.8 Å². The lowest BCUT2D eigenvalue weighted by Crippen LogP contribution is -2.29. The number of aromatic nitrogens is 2. The fourth-order valence-corrected chi connectivity index (χ4v) is 2.77. The van der Waals surface area contributed by atoms with Crippen LogP contribution in [0.15, 0.2) is 12.3 Å². The minimum atomic E-state index is 0.561. The molecule has 1 aliphatic carbocycles. The summed E-state index contributed by atoms with van der Waals surface area (Å²) in [5.74, 6) is 1.40. The summed E-state index contributed by atoms with van der Waals surface area (Å²) in [6.07, 6.45) is 8.33. The zero-order chi connectivity index (χ0) is 14.5. The molecular weight excluding hydrogens is 246 g/mol. The lowest BCUT2D eigenvalue weighted by Gasteiger charge is -2.20. The smallest absolute Gasteiger partial charge is 0.0628 e. The van der Waals surface area contributed by atoms with Gasteiger partial charge in [0, 0.05) is 12.2 Å². The molecule has 1 unspecified atom stereocenters. The third kappa shape index (κ3) is 4.34. The quantitative estimate of drug-likeness (QED) is 0.744. The average molecular weight is 277 g/mol. The van der Waals surface area contributed by atoms with Gasteiger partial charge in [-0.1, -0.05) is 27.7 Å². The summed E-state index contributed by atoms with van der Waals surface area (Å²) in [5, 5.41) is 8.48. The third-order valence-electron chi connectivity index (χ3n) is 4.64. The van der Waals surface area contributed by atoms with Gasteiger partial charge in [0.15, 0.2) is 0 Å². The number of rotatable bonds is 9. The molecule has 2 rings (SSSR count). The molecule has 114 valence electrons. The van der Waals surface area contributed by atoms with Gasteiger partial charge in [0.2, 0.25) is 0 Å². The highest BCUT2D eigenvalue weighted by Crippen LogP contribution is 2.22. The molecule has 0 spiro atoms. The molecule has 1 heterocycles. The van der Waals surface area contributed by atoms with Crippen LogP contribution >= 0.6 is 0 Å². The molecule has 1 aromatic heterocycles. The lowest BCUT2D eigenvalue weighted by atomic mass is 9.91. The molecule has 1 aliphatic rings. The van der Waals surface area contributed by atoms with Crippen LogP contribution in [-0.2, 0) is 6.42 Å². The molecule has 0 aliphatic heterocycles. The van der Waals surface area contributed by atoms with Crippen LogP contribution in [0.4, 0.5) is 0 Å². The Bertz CT molecular complexity index is 389. The predicted molar refractivity (Wildman–Crippen MR) is 84.9 cm³/mol. The molecule has 3 heteroatoms. The second-order valence-corrected chi connectivity index (χ2v) is 6.65. The van der Waals surface area contributed by atoms with Crippen LogP contribution in [0.3, 0.4) is 0 Å². The van der Waals surface area contributed by atoms with E-state index in [-0.39, 0.29) is 0 Å². The molecule has 1 saturated carbocycles. The Morgan fingerprint density at radius 2 is 2.00 bits per heavy atom. The van der Waals surface area contributed by atoms with Gasteiger partial charge in [-0.25, -0.2) is 0 Å². The van der Waals surface area contributed by atoms with E-state index in [1.807, 2.05) is 0 Å². The molecule has 3 nitrogen and oxygen atoms in total. The monoisotopic (exact) mass is 277 g/mol. The van der Waals surface area contributed by atoms with E-state index in [9.17, 15) is 0 Å². The van der Waals surface area contributed by atoms with Crippen molar-refractivity contribution in [3.63, 3.8) is 0 Å². The number of hydrogen-bond donors (Lipinski definition) is 1. The van der Waals surface area contributed by atoms with Crippen LogP contribution in [0.1, 0.15) is 65.1 Å². The third-order valence-corrected chi connectivity index (χ3v) is 4.64. The van der Waals surface area contributed by atoms with Crippen LogP contribution < -0.4 is 5.32 Å². The van der Waals surface area contributed by atoms with E-state index in [1.54, 1.807) is 0 Å². The summed E-state index contributed by atoms with van der Waals surface area (Å²) >= 11 is 0. The molecule has 0 amide bonds. The topological polar surface area (TPSA) is 29.9 Å². The Morgan fingerprint density at radius 3 is 2.55 bits per heavy atom. The van der Waals surface area contributed by atoms with E-state index in [1.165, 1.54) is 18.5 Å². The van der Waals surface area contributed by atoms with Crippen molar-refractivity contribution in [2.75, 3.05) is 6.54 Å². The Balaban J connectivity index is 1.91. The van der Waals surface area contributed by atoms with E-state index < -0.39 is 0 Å². The van der Waals surface area contributed by atoms with E-state index in [2.05, 4.69) is 50.0 Å². The summed E-state index contributed by atoms with van der Waals surface area (Å²) in [6.45, 7) is 10.3. The van der Waals surface area contributed by atoms with Gasteiger partial charge < -0.3 is 5.32 Å². The van der Waals surface area contributed by atoms with Crippen LogP contribution in [0.25, 0.3) is 0 Å². The molecule has 0 bridgehead atoms. The minimum Gasteiger partial charge on any atom is -0.314 e. The first kappa shape index (κ1) is 15.6. The van der Waals surface area contributed by atoms with Gasteiger partial charge in [-0.05, 0) is 56.6 Å². The fraction of sp³-hybridized carbons (Fsp3) is 0.824. The van der Waals surface area contributed by atoms with Gasteiger partial charge in [0.1, 0.15) is 0 Å². The Labute approximate surface area is 124 Å². The van der Waals surface area contributed by atoms with Crippen molar-refractivity contribution in [1.82, 2.24) is 15.1 Å². The summed E-state index contributed by atoms with van der Waals surface area (Å²) in [6, 6.07) is 3.58. The Kier molecular flexibility index (Phi) is 5.64. The molecule has 20 heavy (non-hydrogen) atoms. The maximum absolute atomic E-state index is 4.81. The predicted octanol–water partition coefficient (Wildman–Crippen LogP) is 3.81. The van der Waals surface area contributed by atoms with Gasteiger partial charge in [-0.15, -0.1) is 0 Å². The second kappa shape index (κ2) is 7.26. The fourth-order valence-electron chi connectivity index (χ4n) is 2.77. The molecule has 0 saturated heterocycles. The van der Waals surface area contributed by atoms with E-state index in [4.69, 9.17) is 5.10 Å². The zero-order valence-corrected chi connectivity index (χ0v) is 13.6. The van der Waals surface area contributed by atoms with Crippen molar-refractivity contribution in [3.8, 4) is 0 Å². The van der Waals surface area contributed by atoms with Crippen LogP contribution in [0, 0.1) is 11.8 Å². The number of nitrogens with one attached hydrogen (secondary N) is 1. The standard InChI is InChI=1S/C17H31N3/c1-5-17(6-2)20-10-9-16(19-20)11-14(13(3)4)12-18-15-7-8-15/h9-10,13-15,17-18H,5-8,11-12H2,1-4H3. The molecule has 0 radical (unpaired) electrons. The Hall–Kier alpha value is -0.830. The number of hydrogen-bond acceptors (Lipinski definition) is 2. The second-order valence-electron chi connectivity index (χ2n) is 6.65. The largest absolute Gasteiger partial charge is 0.314 e. The maximum Gasteiger partial charge on any atom is 0.0628 e. The molecule has 1 N–H and O–H groups in total. The summed E-state index contributed by atoms with van der Waals surface area (Å²) in [5.41, 5.74) is 1.26. The van der Waals surface area contributed by atoms with Gasteiger partial charge in [0.25, 0.3) is 0 Å². The molecule has 1 aromatic rings. The first-order valence-electron chi connectivity index (χ1n) is 8.41. The highest BCUT2D eigenvalue weighted by molar-refractivity contribution is 5.02. The van der Waals surface area contributed by atoms with Crippen molar-refractivity contribution >= 4 is 0 Å². The Morgan fingerprint density at radius 1 is 1.30 bits per heavy atom.